The third-order valence-electron chi connectivity index (χ3n) is 5.59. The minimum atomic E-state index is 0.522. The van der Waals surface area contributed by atoms with Gasteiger partial charge < -0.3 is 4.74 Å². The van der Waals surface area contributed by atoms with Crippen molar-refractivity contribution in [3.63, 3.8) is 0 Å². The fourth-order valence-corrected chi connectivity index (χ4v) is 3.67. The van der Waals surface area contributed by atoms with Crippen LogP contribution in [0.2, 0.25) is 0 Å². The monoisotopic (exact) mass is 414 g/mol. The molecule has 0 fully saturated rings. The molecule has 0 saturated carbocycles. The van der Waals surface area contributed by atoms with Crippen LogP contribution in [-0.4, -0.2) is 46.8 Å². The number of fused-ring (bicyclic) bond motifs is 1. The van der Waals surface area contributed by atoms with Crippen molar-refractivity contribution in [3.05, 3.63) is 59.9 Å². The number of nitrogens with zero attached hydrogens (tertiary/aromatic N) is 7. The Morgan fingerprint density at radius 3 is 2.77 bits per heavy atom. The van der Waals surface area contributed by atoms with E-state index in [-0.39, 0.29) is 0 Å². The van der Waals surface area contributed by atoms with Gasteiger partial charge in [-0.1, -0.05) is 18.2 Å². The molecule has 156 valence electrons. The number of nitrogens with one attached hydrogen (secondary N) is 1. The van der Waals surface area contributed by atoms with Gasteiger partial charge in [-0.05, 0) is 25.0 Å². The number of aromatic nitrogens is 8. The van der Waals surface area contributed by atoms with Crippen molar-refractivity contribution < 1.29 is 4.74 Å². The van der Waals surface area contributed by atoms with Gasteiger partial charge in [-0.2, -0.15) is 15.3 Å². The number of methoxy groups -OCH3 is 1. The first-order valence-corrected chi connectivity index (χ1v) is 9.90. The second kappa shape index (κ2) is 7.35. The first-order valence-electron chi connectivity index (χ1n) is 9.90. The Morgan fingerprint density at radius 2 is 2.00 bits per heavy atom. The smallest absolute Gasteiger partial charge is 0.148 e. The minimum Gasteiger partial charge on any atom is -0.494 e. The number of aryl methyl sites for hydroxylation is 2. The van der Waals surface area contributed by atoms with Gasteiger partial charge in [0.15, 0.2) is 0 Å². The van der Waals surface area contributed by atoms with Crippen LogP contribution in [0.1, 0.15) is 17.0 Å². The summed E-state index contributed by atoms with van der Waals surface area (Å²) >= 11 is 0. The van der Waals surface area contributed by atoms with Gasteiger partial charge in [0.1, 0.15) is 41.4 Å². The zero-order chi connectivity index (χ0) is 21.5. The molecule has 0 amide bonds. The number of benzene rings is 1. The highest BCUT2D eigenvalue weighted by Gasteiger charge is 2.18. The molecule has 9 heteroatoms. The highest BCUT2D eigenvalue weighted by atomic mass is 16.5. The fraction of sp³-hybridized carbons (Fsp3) is 0.227. The minimum absolute atomic E-state index is 0.522. The van der Waals surface area contributed by atoms with Crippen LogP contribution in [0.15, 0.2) is 43.0 Å². The van der Waals surface area contributed by atoms with Crippen molar-refractivity contribution in [1.29, 1.82) is 0 Å². The molecule has 9 nitrogen and oxygen atoms in total. The van der Waals surface area contributed by atoms with Crippen LogP contribution in [-0.2, 0) is 13.6 Å². The maximum atomic E-state index is 5.65. The molecule has 0 radical (unpaired) electrons. The Labute approximate surface area is 178 Å². The normalized spacial score (nSPS) is 11.4. The van der Waals surface area contributed by atoms with E-state index in [1.165, 1.54) is 17.5 Å². The number of ether oxygens (including phenoxy) is 1. The van der Waals surface area contributed by atoms with Gasteiger partial charge in [0.25, 0.3) is 0 Å². The fourth-order valence-electron chi connectivity index (χ4n) is 3.67. The summed E-state index contributed by atoms with van der Waals surface area (Å²) < 4.78 is 9.20. The van der Waals surface area contributed by atoms with Crippen molar-refractivity contribution in [1.82, 2.24) is 39.7 Å². The van der Waals surface area contributed by atoms with Crippen LogP contribution in [0.5, 0.6) is 5.75 Å². The van der Waals surface area contributed by atoms with E-state index in [1.54, 1.807) is 18.0 Å². The van der Waals surface area contributed by atoms with E-state index in [0.29, 0.717) is 12.3 Å². The summed E-state index contributed by atoms with van der Waals surface area (Å²) in [4.78, 5) is 9.23. The first-order chi connectivity index (χ1) is 15.0. The lowest BCUT2D eigenvalue weighted by molar-refractivity contribution is 0.415. The maximum Gasteiger partial charge on any atom is 0.148 e. The van der Waals surface area contributed by atoms with Gasteiger partial charge in [0.2, 0.25) is 0 Å². The third kappa shape index (κ3) is 3.24. The molecule has 4 heterocycles. The number of hydrogen-bond acceptors (Lipinski definition) is 6. The van der Waals surface area contributed by atoms with Crippen LogP contribution >= 0.6 is 0 Å². The van der Waals surface area contributed by atoms with E-state index in [2.05, 4.69) is 51.4 Å². The molecule has 1 N–H and O–H groups in total. The SMILES string of the molecule is COc1cc2[nH]nc(-c3cnn(Cc4ncnn4C)c3)c2nc1-c1cccc(C)c1C. The van der Waals surface area contributed by atoms with Gasteiger partial charge in [-0.3, -0.25) is 14.5 Å². The number of pyridine rings is 1. The van der Waals surface area contributed by atoms with Gasteiger partial charge in [-0.15, -0.1) is 0 Å². The van der Waals surface area contributed by atoms with Crippen LogP contribution in [0, 0.1) is 13.8 Å². The Hall–Kier alpha value is -4.01. The Morgan fingerprint density at radius 1 is 1.13 bits per heavy atom. The summed E-state index contributed by atoms with van der Waals surface area (Å²) in [5, 5.41) is 16.2. The molecule has 0 bridgehead atoms. The summed E-state index contributed by atoms with van der Waals surface area (Å²) in [6.45, 7) is 4.72. The van der Waals surface area contributed by atoms with Crippen LogP contribution in [0.25, 0.3) is 33.5 Å². The van der Waals surface area contributed by atoms with E-state index in [9.17, 15) is 0 Å². The zero-order valence-corrected chi connectivity index (χ0v) is 17.8. The van der Waals surface area contributed by atoms with Crippen molar-refractivity contribution in [2.45, 2.75) is 20.4 Å². The molecular formula is C22H22N8O. The van der Waals surface area contributed by atoms with Gasteiger partial charge >= 0.3 is 0 Å². The Kier molecular flexibility index (Phi) is 4.50. The molecule has 4 aromatic heterocycles. The molecule has 5 aromatic rings. The standard InChI is InChI=1S/C22H22N8O/c1-13-6-5-7-16(14(13)2)21-18(31-4)8-17-22(26-21)20(28-27-17)15-9-24-30(10-15)11-19-23-12-25-29(19)3/h5-10,12H,11H2,1-4H3,(H,27,28). The summed E-state index contributed by atoms with van der Waals surface area (Å²) in [6.07, 6.45) is 5.26. The molecule has 5 rings (SSSR count). The van der Waals surface area contributed by atoms with E-state index < -0.39 is 0 Å². The molecule has 0 unspecified atom stereocenters. The molecule has 0 aliphatic carbocycles. The summed E-state index contributed by atoms with van der Waals surface area (Å²) in [7, 11) is 3.52. The second-order valence-electron chi connectivity index (χ2n) is 7.48. The average Bonchev–Trinajstić information content (AvgIpc) is 3.49. The van der Waals surface area contributed by atoms with E-state index in [1.807, 2.05) is 30.1 Å². The lowest BCUT2D eigenvalue weighted by Gasteiger charge is -2.12. The van der Waals surface area contributed by atoms with Gasteiger partial charge in [0, 0.05) is 30.4 Å². The van der Waals surface area contributed by atoms with Crippen LogP contribution in [0.3, 0.4) is 0 Å². The number of hydrogen-bond donors (Lipinski definition) is 1. The number of aromatic amines is 1. The molecule has 0 saturated heterocycles. The molecule has 1 aromatic carbocycles. The maximum absolute atomic E-state index is 5.65. The molecule has 0 spiro atoms. The van der Waals surface area contributed by atoms with E-state index in [0.717, 1.165) is 39.4 Å². The van der Waals surface area contributed by atoms with Crippen molar-refractivity contribution in [3.8, 4) is 28.3 Å². The topological polar surface area (TPSA) is 99.3 Å². The van der Waals surface area contributed by atoms with Gasteiger partial charge in [0.05, 0.1) is 18.8 Å². The van der Waals surface area contributed by atoms with E-state index >= 15 is 0 Å². The molecule has 0 aliphatic rings. The van der Waals surface area contributed by atoms with Crippen LogP contribution in [0.4, 0.5) is 0 Å². The highest BCUT2D eigenvalue weighted by molar-refractivity contribution is 5.92. The number of H-pyrrole nitrogens is 1. The zero-order valence-electron chi connectivity index (χ0n) is 17.8. The highest BCUT2D eigenvalue weighted by Crippen LogP contribution is 2.36. The first kappa shape index (κ1) is 19.0. The second-order valence-corrected chi connectivity index (χ2v) is 7.48. The van der Waals surface area contributed by atoms with Crippen molar-refractivity contribution >= 4 is 11.0 Å². The lowest BCUT2D eigenvalue weighted by atomic mass is 9.99. The van der Waals surface area contributed by atoms with Crippen molar-refractivity contribution in [2.75, 3.05) is 7.11 Å². The summed E-state index contributed by atoms with van der Waals surface area (Å²) in [5.41, 5.74) is 7.42. The molecule has 31 heavy (non-hydrogen) atoms. The Bertz CT molecular complexity index is 1390. The number of rotatable bonds is 5. The lowest BCUT2D eigenvalue weighted by Crippen LogP contribution is -2.06. The van der Waals surface area contributed by atoms with Crippen molar-refractivity contribution in [2.24, 2.45) is 7.05 Å². The van der Waals surface area contributed by atoms with E-state index in [4.69, 9.17) is 9.72 Å². The predicted molar refractivity (Wildman–Crippen MR) is 117 cm³/mol. The largest absolute Gasteiger partial charge is 0.494 e. The molecule has 0 aliphatic heterocycles. The van der Waals surface area contributed by atoms with Gasteiger partial charge in [-0.25, -0.2) is 9.97 Å². The summed E-state index contributed by atoms with van der Waals surface area (Å²) in [5.74, 6) is 1.52. The quantitative estimate of drug-likeness (QED) is 0.474. The third-order valence-corrected chi connectivity index (χ3v) is 5.59. The Balaban J connectivity index is 1.60. The molecular weight excluding hydrogens is 392 g/mol. The van der Waals surface area contributed by atoms with Crippen LogP contribution < -0.4 is 4.74 Å². The average molecular weight is 414 g/mol. The molecule has 0 atom stereocenters. The summed E-state index contributed by atoms with van der Waals surface area (Å²) in [6, 6.07) is 8.14. The predicted octanol–water partition coefficient (Wildman–Crippen LogP) is 3.29.